The summed E-state index contributed by atoms with van der Waals surface area (Å²) in [5.74, 6) is 0. The topological polar surface area (TPSA) is 24.9 Å². The third-order valence-electron chi connectivity index (χ3n) is 3.68. The molecule has 0 aliphatic heterocycles. The standard InChI is InChI=1S/C16H30N2S/c1-7-10-16(9-3,17-11-8-2)14-18-13(12-19-14)15(4,5)6/h12,17H,7-11H2,1-6H3. The van der Waals surface area contributed by atoms with Gasteiger partial charge in [0, 0.05) is 10.8 Å². The molecule has 0 fully saturated rings. The van der Waals surface area contributed by atoms with Crippen LogP contribution in [0.2, 0.25) is 0 Å². The van der Waals surface area contributed by atoms with Crippen LogP contribution in [0.4, 0.5) is 0 Å². The van der Waals surface area contributed by atoms with E-state index in [1.54, 1.807) is 0 Å². The largest absolute Gasteiger partial charge is 0.305 e. The van der Waals surface area contributed by atoms with E-state index in [9.17, 15) is 0 Å². The molecule has 1 unspecified atom stereocenters. The minimum absolute atomic E-state index is 0.0823. The second-order valence-electron chi connectivity index (χ2n) is 6.40. The first-order valence-electron chi connectivity index (χ1n) is 7.61. The van der Waals surface area contributed by atoms with E-state index in [0.29, 0.717) is 0 Å². The van der Waals surface area contributed by atoms with Gasteiger partial charge in [0.25, 0.3) is 0 Å². The number of aromatic nitrogens is 1. The SMILES string of the molecule is CCCNC(CC)(CCC)c1nc(C(C)(C)C)cs1. The van der Waals surface area contributed by atoms with Crippen LogP contribution in [0.15, 0.2) is 5.38 Å². The van der Waals surface area contributed by atoms with Gasteiger partial charge in [0.05, 0.1) is 11.2 Å². The minimum Gasteiger partial charge on any atom is -0.305 e. The van der Waals surface area contributed by atoms with E-state index in [-0.39, 0.29) is 11.0 Å². The van der Waals surface area contributed by atoms with Crippen LogP contribution >= 0.6 is 11.3 Å². The summed E-state index contributed by atoms with van der Waals surface area (Å²) < 4.78 is 0. The van der Waals surface area contributed by atoms with Gasteiger partial charge >= 0.3 is 0 Å². The first-order chi connectivity index (χ1) is 8.89. The third-order valence-corrected chi connectivity index (χ3v) is 4.72. The van der Waals surface area contributed by atoms with Crippen molar-refractivity contribution in [2.24, 2.45) is 0 Å². The Hall–Kier alpha value is -0.410. The van der Waals surface area contributed by atoms with E-state index in [1.165, 1.54) is 30.0 Å². The van der Waals surface area contributed by atoms with Crippen LogP contribution in [0.3, 0.4) is 0 Å². The zero-order chi connectivity index (χ0) is 14.5. The van der Waals surface area contributed by atoms with Crippen LogP contribution in [-0.4, -0.2) is 11.5 Å². The average molecular weight is 282 g/mol. The van der Waals surface area contributed by atoms with E-state index in [0.717, 1.165) is 13.0 Å². The molecule has 0 radical (unpaired) electrons. The molecule has 0 amide bonds. The summed E-state index contributed by atoms with van der Waals surface area (Å²) >= 11 is 1.82. The van der Waals surface area contributed by atoms with Gasteiger partial charge in [0.1, 0.15) is 5.01 Å². The van der Waals surface area contributed by atoms with Crippen molar-refractivity contribution < 1.29 is 0 Å². The highest BCUT2D eigenvalue weighted by molar-refractivity contribution is 7.09. The van der Waals surface area contributed by atoms with Gasteiger partial charge in [-0.3, -0.25) is 0 Å². The Morgan fingerprint density at radius 3 is 2.26 bits per heavy atom. The lowest BCUT2D eigenvalue weighted by molar-refractivity contribution is 0.292. The van der Waals surface area contributed by atoms with Crippen molar-refractivity contribution in [3.05, 3.63) is 16.1 Å². The number of nitrogens with zero attached hydrogens (tertiary/aromatic N) is 1. The van der Waals surface area contributed by atoms with Crippen molar-refractivity contribution in [1.82, 2.24) is 10.3 Å². The van der Waals surface area contributed by atoms with Crippen molar-refractivity contribution in [2.75, 3.05) is 6.54 Å². The molecule has 1 rings (SSSR count). The highest BCUT2D eigenvalue weighted by atomic mass is 32.1. The molecule has 1 atom stereocenters. The molecule has 0 aliphatic rings. The molecular formula is C16H30N2S. The van der Waals surface area contributed by atoms with Gasteiger partial charge in [0.2, 0.25) is 0 Å². The molecule has 0 aliphatic carbocycles. The molecule has 19 heavy (non-hydrogen) atoms. The molecule has 0 saturated heterocycles. The third kappa shape index (κ3) is 4.03. The average Bonchev–Trinajstić information content (AvgIpc) is 2.84. The van der Waals surface area contributed by atoms with Gasteiger partial charge in [-0.05, 0) is 25.8 Å². The van der Waals surface area contributed by atoms with E-state index in [1.807, 2.05) is 11.3 Å². The molecule has 110 valence electrons. The van der Waals surface area contributed by atoms with Gasteiger partial charge < -0.3 is 5.32 Å². The quantitative estimate of drug-likeness (QED) is 0.773. The molecule has 0 saturated carbocycles. The smallest absolute Gasteiger partial charge is 0.113 e. The zero-order valence-corrected chi connectivity index (χ0v) is 14.3. The monoisotopic (exact) mass is 282 g/mol. The Labute approximate surface area is 123 Å². The zero-order valence-electron chi connectivity index (χ0n) is 13.5. The number of nitrogens with one attached hydrogen (secondary N) is 1. The van der Waals surface area contributed by atoms with Crippen LogP contribution in [0.5, 0.6) is 0 Å². The van der Waals surface area contributed by atoms with E-state index < -0.39 is 0 Å². The van der Waals surface area contributed by atoms with Crippen LogP contribution in [0.25, 0.3) is 0 Å². The van der Waals surface area contributed by atoms with Crippen molar-refractivity contribution in [3.8, 4) is 0 Å². The Bertz CT molecular complexity index is 378. The summed E-state index contributed by atoms with van der Waals surface area (Å²) in [6.45, 7) is 14.5. The lowest BCUT2D eigenvalue weighted by atomic mass is 9.90. The summed E-state index contributed by atoms with van der Waals surface area (Å²) in [4.78, 5) is 4.95. The lowest BCUT2D eigenvalue weighted by Crippen LogP contribution is -2.42. The highest BCUT2D eigenvalue weighted by Crippen LogP contribution is 2.35. The van der Waals surface area contributed by atoms with Crippen LogP contribution in [0.1, 0.15) is 77.9 Å². The van der Waals surface area contributed by atoms with Crippen LogP contribution < -0.4 is 5.32 Å². The summed E-state index contributed by atoms with van der Waals surface area (Å²) in [6.07, 6.45) is 4.64. The summed E-state index contributed by atoms with van der Waals surface area (Å²) in [6, 6.07) is 0. The van der Waals surface area contributed by atoms with Crippen molar-refractivity contribution in [3.63, 3.8) is 0 Å². The molecule has 3 heteroatoms. The van der Waals surface area contributed by atoms with Crippen molar-refractivity contribution in [1.29, 1.82) is 0 Å². The normalized spacial score (nSPS) is 15.5. The van der Waals surface area contributed by atoms with E-state index in [2.05, 4.69) is 52.2 Å². The van der Waals surface area contributed by atoms with Crippen molar-refractivity contribution >= 4 is 11.3 Å². The predicted octanol–water partition coefficient (Wildman–Crippen LogP) is 4.85. The molecule has 1 heterocycles. The minimum atomic E-state index is 0.0823. The molecular weight excluding hydrogens is 252 g/mol. The Morgan fingerprint density at radius 1 is 1.16 bits per heavy atom. The van der Waals surface area contributed by atoms with Gasteiger partial charge in [-0.25, -0.2) is 4.98 Å². The maximum atomic E-state index is 4.95. The lowest BCUT2D eigenvalue weighted by Gasteiger charge is -2.32. The number of thiazole rings is 1. The van der Waals surface area contributed by atoms with Crippen LogP contribution in [0, 0.1) is 0 Å². The number of rotatable bonds is 7. The fourth-order valence-corrected chi connectivity index (χ4v) is 3.68. The Balaban J connectivity index is 3.06. The molecule has 0 spiro atoms. The van der Waals surface area contributed by atoms with Gasteiger partial charge in [0.15, 0.2) is 0 Å². The molecule has 0 aromatic carbocycles. The first kappa shape index (κ1) is 16.6. The molecule has 1 aromatic heterocycles. The fourth-order valence-electron chi connectivity index (χ4n) is 2.35. The predicted molar refractivity (Wildman–Crippen MR) is 86.0 cm³/mol. The molecule has 0 bridgehead atoms. The summed E-state index contributed by atoms with van der Waals surface area (Å²) in [5, 5.41) is 7.27. The van der Waals surface area contributed by atoms with Gasteiger partial charge in [-0.15, -0.1) is 11.3 Å². The number of hydrogen-bond donors (Lipinski definition) is 1. The summed E-state index contributed by atoms with van der Waals surface area (Å²) in [7, 11) is 0. The van der Waals surface area contributed by atoms with E-state index >= 15 is 0 Å². The molecule has 1 N–H and O–H groups in total. The first-order valence-corrected chi connectivity index (χ1v) is 8.49. The second kappa shape index (κ2) is 6.85. The fraction of sp³-hybridized carbons (Fsp3) is 0.812. The maximum Gasteiger partial charge on any atom is 0.113 e. The van der Waals surface area contributed by atoms with Crippen molar-refractivity contribution in [2.45, 2.75) is 78.2 Å². The molecule has 1 aromatic rings. The maximum absolute atomic E-state index is 4.95. The number of hydrogen-bond acceptors (Lipinski definition) is 3. The summed E-state index contributed by atoms with van der Waals surface area (Å²) in [5.41, 5.74) is 1.45. The Morgan fingerprint density at radius 2 is 1.84 bits per heavy atom. The van der Waals surface area contributed by atoms with Crippen LogP contribution in [-0.2, 0) is 11.0 Å². The second-order valence-corrected chi connectivity index (χ2v) is 7.26. The highest BCUT2D eigenvalue weighted by Gasteiger charge is 2.32. The van der Waals surface area contributed by atoms with Gasteiger partial charge in [-0.2, -0.15) is 0 Å². The van der Waals surface area contributed by atoms with E-state index in [4.69, 9.17) is 4.98 Å². The van der Waals surface area contributed by atoms with Gasteiger partial charge in [-0.1, -0.05) is 48.0 Å². The molecule has 2 nitrogen and oxygen atoms in total. The Kier molecular flexibility index (Phi) is 6.00.